The molecule has 1 fully saturated rings. The van der Waals surface area contributed by atoms with Crippen molar-refractivity contribution >= 4 is 21.6 Å². The zero-order valence-corrected chi connectivity index (χ0v) is 15.6. The van der Waals surface area contributed by atoms with Gasteiger partial charge in [-0.2, -0.15) is 0 Å². The standard InChI is InChI=1S/C17H16FNO7S/c1-24-15-10(18)7-6-9(16(15)27(3,22)23)13(20)11-12(17(21)25-2)19-26-14(11)8-4-5-8/h6-8H,4-5H2,1-3H3. The highest BCUT2D eigenvalue weighted by Crippen LogP contribution is 2.43. The molecule has 0 radical (unpaired) electrons. The molecule has 0 atom stereocenters. The molecule has 0 bridgehead atoms. The van der Waals surface area contributed by atoms with E-state index in [9.17, 15) is 22.4 Å². The van der Waals surface area contributed by atoms with E-state index in [-0.39, 0.29) is 28.5 Å². The molecule has 0 spiro atoms. The number of sulfone groups is 1. The second kappa shape index (κ2) is 6.76. The predicted octanol–water partition coefficient (Wildman–Crippen LogP) is 2.12. The molecular formula is C17H16FNO7S. The second-order valence-electron chi connectivity index (χ2n) is 6.09. The fraction of sp³-hybridized carbons (Fsp3) is 0.353. The number of ether oxygens (including phenoxy) is 2. The van der Waals surface area contributed by atoms with Crippen molar-refractivity contribution in [3.63, 3.8) is 0 Å². The van der Waals surface area contributed by atoms with Gasteiger partial charge in [-0.1, -0.05) is 5.16 Å². The molecule has 0 amide bonds. The topological polar surface area (TPSA) is 113 Å². The zero-order valence-electron chi connectivity index (χ0n) is 14.7. The summed E-state index contributed by atoms with van der Waals surface area (Å²) in [6.07, 6.45) is 2.31. The van der Waals surface area contributed by atoms with Crippen molar-refractivity contribution in [3.05, 3.63) is 40.5 Å². The van der Waals surface area contributed by atoms with Crippen LogP contribution in [0.4, 0.5) is 4.39 Å². The van der Waals surface area contributed by atoms with Gasteiger partial charge >= 0.3 is 5.97 Å². The Morgan fingerprint density at radius 2 is 1.93 bits per heavy atom. The van der Waals surface area contributed by atoms with E-state index in [0.717, 1.165) is 45.4 Å². The lowest BCUT2D eigenvalue weighted by Gasteiger charge is -2.13. The maximum atomic E-state index is 14.0. The lowest BCUT2D eigenvalue weighted by Crippen LogP contribution is -2.16. The van der Waals surface area contributed by atoms with Crippen molar-refractivity contribution < 1.29 is 36.4 Å². The third-order valence-corrected chi connectivity index (χ3v) is 5.30. The highest BCUT2D eigenvalue weighted by Gasteiger charge is 2.39. The second-order valence-corrected chi connectivity index (χ2v) is 8.05. The van der Waals surface area contributed by atoms with Crippen LogP contribution in [0.2, 0.25) is 0 Å². The lowest BCUT2D eigenvalue weighted by atomic mass is 9.99. The molecule has 1 aliphatic carbocycles. The summed E-state index contributed by atoms with van der Waals surface area (Å²) < 4.78 is 53.2. The van der Waals surface area contributed by atoms with Gasteiger partial charge < -0.3 is 14.0 Å². The van der Waals surface area contributed by atoms with E-state index in [1.165, 1.54) is 0 Å². The SMILES string of the molecule is COC(=O)c1noc(C2CC2)c1C(=O)c1ccc(F)c(OC)c1S(C)(=O)=O. The lowest BCUT2D eigenvalue weighted by molar-refractivity contribution is 0.0586. The Kier molecular flexibility index (Phi) is 4.77. The monoisotopic (exact) mass is 397 g/mol. The summed E-state index contributed by atoms with van der Waals surface area (Å²) in [5.41, 5.74) is -0.874. The van der Waals surface area contributed by atoms with Crippen LogP contribution in [-0.4, -0.2) is 45.8 Å². The van der Waals surface area contributed by atoms with Gasteiger partial charge in [0.15, 0.2) is 27.2 Å². The molecule has 0 aliphatic heterocycles. The quantitative estimate of drug-likeness (QED) is 0.538. The van der Waals surface area contributed by atoms with E-state index in [4.69, 9.17) is 9.26 Å². The number of rotatable bonds is 6. The molecule has 0 N–H and O–H groups in total. The third kappa shape index (κ3) is 3.32. The summed E-state index contributed by atoms with van der Waals surface area (Å²) in [6.45, 7) is 0. The minimum atomic E-state index is -4.04. The van der Waals surface area contributed by atoms with E-state index in [2.05, 4.69) is 9.89 Å². The summed E-state index contributed by atoms with van der Waals surface area (Å²) in [4.78, 5) is 24.6. The van der Waals surface area contributed by atoms with Gasteiger partial charge in [0.1, 0.15) is 10.5 Å². The fourth-order valence-electron chi connectivity index (χ4n) is 2.79. The van der Waals surface area contributed by atoms with Crippen LogP contribution >= 0.6 is 0 Å². The molecule has 2 aromatic rings. The van der Waals surface area contributed by atoms with Gasteiger partial charge in [-0.05, 0) is 25.0 Å². The molecule has 8 nitrogen and oxygen atoms in total. The first kappa shape index (κ1) is 19.0. The Balaban J connectivity index is 2.27. The summed E-state index contributed by atoms with van der Waals surface area (Å²) in [7, 11) is -1.83. The highest BCUT2D eigenvalue weighted by atomic mass is 32.2. The number of aromatic nitrogens is 1. The number of nitrogens with zero attached hydrogens (tertiary/aromatic N) is 1. The van der Waals surface area contributed by atoms with Crippen LogP contribution in [0, 0.1) is 5.82 Å². The minimum Gasteiger partial charge on any atom is -0.492 e. The number of carbonyl (C=O) groups is 2. The Labute approximate surface area is 154 Å². The summed E-state index contributed by atoms with van der Waals surface area (Å²) in [6, 6.07) is 1.95. The molecule has 1 heterocycles. The number of methoxy groups -OCH3 is 2. The maximum Gasteiger partial charge on any atom is 0.361 e. The molecule has 1 aromatic heterocycles. The Morgan fingerprint density at radius 1 is 1.26 bits per heavy atom. The van der Waals surface area contributed by atoms with Crippen molar-refractivity contribution in [2.24, 2.45) is 0 Å². The largest absolute Gasteiger partial charge is 0.492 e. The average Bonchev–Trinajstić information content (AvgIpc) is 3.37. The smallest absolute Gasteiger partial charge is 0.361 e. The first-order valence-corrected chi connectivity index (χ1v) is 9.79. The van der Waals surface area contributed by atoms with Gasteiger partial charge in [-0.15, -0.1) is 0 Å². The molecule has 144 valence electrons. The Morgan fingerprint density at radius 3 is 2.44 bits per heavy atom. The molecule has 1 aromatic carbocycles. The van der Waals surface area contributed by atoms with Crippen molar-refractivity contribution in [2.75, 3.05) is 20.5 Å². The Hall–Kier alpha value is -2.75. The van der Waals surface area contributed by atoms with Gasteiger partial charge in [0, 0.05) is 17.7 Å². The minimum absolute atomic E-state index is 0.0983. The van der Waals surface area contributed by atoms with E-state index in [1.807, 2.05) is 0 Å². The average molecular weight is 397 g/mol. The van der Waals surface area contributed by atoms with Crippen LogP contribution in [0.5, 0.6) is 5.75 Å². The first-order valence-electron chi connectivity index (χ1n) is 7.89. The number of benzene rings is 1. The summed E-state index contributed by atoms with van der Waals surface area (Å²) in [5, 5.41) is 3.62. The molecule has 0 saturated heterocycles. The molecule has 1 saturated carbocycles. The van der Waals surface area contributed by atoms with Crippen LogP contribution in [-0.2, 0) is 14.6 Å². The van der Waals surface area contributed by atoms with Crippen LogP contribution in [0.1, 0.15) is 50.9 Å². The van der Waals surface area contributed by atoms with E-state index < -0.39 is 38.1 Å². The van der Waals surface area contributed by atoms with Gasteiger partial charge in [-0.3, -0.25) is 4.79 Å². The predicted molar refractivity (Wildman–Crippen MR) is 89.3 cm³/mol. The highest BCUT2D eigenvalue weighted by molar-refractivity contribution is 7.90. The number of ketones is 1. The van der Waals surface area contributed by atoms with Crippen LogP contribution in [0.15, 0.2) is 21.6 Å². The summed E-state index contributed by atoms with van der Waals surface area (Å²) >= 11 is 0. The number of esters is 1. The van der Waals surface area contributed by atoms with Crippen LogP contribution in [0.3, 0.4) is 0 Å². The number of hydrogen-bond acceptors (Lipinski definition) is 8. The molecule has 0 unspecified atom stereocenters. The van der Waals surface area contributed by atoms with Crippen LogP contribution in [0.25, 0.3) is 0 Å². The molecule has 3 rings (SSSR count). The van der Waals surface area contributed by atoms with Gasteiger partial charge in [0.25, 0.3) is 0 Å². The molecule has 1 aliphatic rings. The zero-order chi connectivity index (χ0) is 19.9. The Bertz CT molecular complexity index is 1040. The summed E-state index contributed by atoms with van der Waals surface area (Å²) in [5.74, 6) is -3.16. The van der Waals surface area contributed by atoms with Crippen molar-refractivity contribution in [3.8, 4) is 5.75 Å². The van der Waals surface area contributed by atoms with Crippen molar-refractivity contribution in [1.82, 2.24) is 5.16 Å². The first-order chi connectivity index (χ1) is 12.7. The van der Waals surface area contributed by atoms with E-state index in [1.54, 1.807) is 0 Å². The van der Waals surface area contributed by atoms with Crippen molar-refractivity contribution in [1.29, 1.82) is 0 Å². The maximum absolute atomic E-state index is 14.0. The van der Waals surface area contributed by atoms with Gasteiger partial charge in [-0.25, -0.2) is 17.6 Å². The van der Waals surface area contributed by atoms with Gasteiger partial charge in [0.2, 0.25) is 11.5 Å². The molecule has 27 heavy (non-hydrogen) atoms. The van der Waals surface area contributed by atoms with Crippen LogP contribution < -0.4 is 4.74 Å². The molecule has 10 heteroatoms. The molecular weight excluding hydrogens is 381 g/mol. The third-order valence-electron chi connectivity index (χ3n) is 4.16. The van der Waals surface area contributed by atoms with E-state index >= 15 is 0 Å². The normalized spacial score (nSPS) is 14.1. The van der Waals surface area contributed by atoms with Gasteiger partial charge in [0.05, 0.1) is 14.2 Å². The number of carbonyl (C=O) groups excluding carboxylic acids is 2. The van der Waals surface area contributed by atoms with Crippen molar-refractivity contribution in [2.45, 2.75) is 23.7 Å². The number of halogens is 1. The number of hydrogen-bond donors (Lipinski definition) is 0. The fourth-order valence-corrected chi connectivity index (χ4v) is 3.87. The van der Waals surface area contributed by atoms with E-state index in [0.29, 0.717) is 0 Å².